The van der Waals surface area contributed by atoms with Gasteiger partial charge in [0.25, 0.3) is 11.8 Å². The average Bonchev–Trinajstić information content (AvgIpc) is 2.72. The van der Waals surface area contributed by atoms with Gasteiger partial charge in [-0.05, 0) is 49.7 Å². The van der Waals surface area contributed by atoms with Gasteiger partial charge in [-0.25, -0.2) is 0 Å². The molecule has 8 nitrogen and oxygen atoms in total. The molecule has 0 radical (unpaired) electrons. The number of ether oxygens (including phenoxy) is 1. The minimum Gasteiger partial charge on any atom is -0.497 e. The molecule has 0 fully saturated rings. The molecule has 29 heavy (non-hydrogen) atoms. The molecular weight excluding hydrogens is 396 g/mol. The SMILES string of the molecule is COc1cccc(C(=O)NNC(=O)C(Nc2ccc(C#N)c(Cl)c2C)C(C)O)c1. The van der Waals surface area contributed by atoms with Crippen LogP contribution in [0.15, 0.2) is 36.4 Å². The van der Waals surface area contributed by atoms with Gasteiger partial charge in [-0.15, -0.1) is 0 Å². The highest BCUT2D eigenvalue weighted by Crippen LogP contribution is 2.27. The van der Waals surface area contributed by atoms with Crippen LogP contribution in [-0.4, -0.2) is 36.2 Å². The Morgan fingerprint density at radius 3 is 2.59 bits per heavy atom. The lowest BCUT2D eigenvalue weighted by Crippen LogP contribution is -2.52. The van der Waals surface area contributed by atoms with Crippen LogP contribution in [-0.2, 0) is 4.79 Å². The van der Waals surface area contributed by atoms with Gasteiger partial charge in [0.15, 0.2) is 0 Å². The predicted molar refractivity (Wildman–Crippen MR) is 109 cm³/mol. The number of aliphatic hydroxyl groups is 1. The van der Waals surface area contributed by atoms with Gasteiger partial charge in [-0.3, -0.25) is 20.4 Å². The van der Waals surface area contributed by atoms with Crippen LogP contribution in [0.25, 0.3) is 0 Å². The largest absolute Gasteiger partial charge is 0.497 e. The minimum atomic E-state index is -1.09. The van der Waals surface area contributed by atoms with Gasteiger partial charge in [0.05, 0.1) is 23.8 Å². The van der Waals surface area contributed by atoms with Crippen LogP contribution in [0.4, 0.5) is 5.69 Å². The first kappa shape index (κ1) is 22.0. The molecule has 2 aromatic carbocycles. The lowest BCUT2D eigenvalue weighted by atomic mass is 10.1. The Kier molecular flexibility index (Phi) is 7.42. The van der Waals surface area contributed by atoms with E-state index in [-0.39, 0.29) is 5.02 Å². The van der Waals surface area contributed by atoms with E-state index < -0.39 is 24.0 Å². The van der Waals surface area contributed by atoms with Gasteiger partial charge >= 0.3 is 0 Å². The quantitative estimate of drug-likeness (QED) is 0.535. The standard InChI is InChI=1S/C20H21ClN4O4/c1-11-16(8-7-14(10-22)17(11)21)23-18(12(2)26)20(28)25-24-19(27)13-5-4-6-15(9-13)29-3/h4-9,12,18,23,26H,1-3H3,(H,24,27)(H,25,28). The van der Waals surface area contributed by atoms with Crippen LogP contribution >= 0.6 is 11.6 Å². The highest BCUT2D eigenvalue weighted by Gasteiger charge is 2.25. The van der Waals surface area contributed by atoms with Crippen LogP contribution in [0.5, 0.6) is 5.75 Å². The smallest absolute Gasteiger partial charge is 0.269 e. The Hall–Kier alpha value is -3.28. The zero-order chi connectivity index (χ0) is 21.6. The molecule has 2 rings (SSSR count). The summed E-state index contributed by atoms with van der Waals surface area (Å²) in [5, 5.41) is 22.2. The van der Waals surface area contributed by atoms with Crippen LogP contribution in [0.3, 0.4) is 0 Å². The zero-order valence-electron chi connectivity index (χ0n) is 16.1. The third-order valence-electron chi connectivity index (χ3n) is 4.21. The lowest BCUT2D eigenvalue weighted by molar-refractivity contribution is -0.124. The normalized spacial score (nSPS) is 12.3. The van der Waals surface area contributed by atoms with E-state index in [0.717, 1.165) is 0 Å². The summed E-state index contributed by atoms with van der Waals surface area (Å²) < 4.78 is 5.06. The Morgan fingerprint density at radius 2 is 1.97 bits per heavy atom. The first-order valence-corrected chi connectivity index (χ1v) is 9.04. The summed E-state index contributed by atoms with van der Waals surface area (Å²) in [6.07, 6.45) is -1.09. The number of halogens is 1. The Labute approximate surface area is 173 Å². The highest BCUT2D eigenvalue weighted by molar-refractivity contribution is 6.32. The third kappa shape index (κ3) is 5.38. The van der Waals surface area contributed by atoms with E-state index in [9.17, 15) is 14.7 Å². The molecule has 4 N–H and O–H groups in total. The van der Waals surface area contributed by atoms with Crippen molar-refractivity contribution in [3.8, 4) is 11.8 Å². The summed E-state index contributed by atoms with van der Waals surface area (Å²) in [6.45, 7) is 3.12. The number of methoxy groups -OCH3 is 1. The molecule has 2 aromatic rings. The van der Waals surface area contributed by atoms with Gasteiger partial charge < -0.3 is 15.2 Å². The van der Waals surface area contributed by atoms with Crippen molar-refractivity contribution < 1.29 is 19.4 Å². The maximum atomic E-state index is 12.5. The molecule has 0 aliphatic rings. The van der Waals surface area contributed by atoms with Crippen molar-refractivity contribution in [2.24, 2.45) is 0 Å². The minimum absolute atomic E-state index is 0.258. The van der Waals surface area contributed by atoms with Crippen molar-refractivity contribution in [2.45, 2.75) is 26.0 Å². The van der Waals surface area contributed by atoms with E-state index in [0.29, 0.717) is 28.1 Å². The van der Waals surface area contributed by atoms with E-state index in [2.05, 4.69) is 16.2 Å². The summed E-state index contributed by atoms with van der Waals surface area (Å²) in [5.74, 6) is -0.698. The molecule has 0 bridgehead atoms. The van der Waals surface area contributed by atoms with Gasteiger partial charge in [0.1, 0.15) is 17.9 Å². The fraction of sp³-hybridized carbons (Fsp3) is 0.250. The second-order valence-electron chi connectivity index (χ2n) is 6.25. The molecule has 0 aliphatic carbocycles. The molecule has 2 amide bonds. The van der Waals surface area contributed by atoms with E-state index in [1.165, 1.54) is 26.2 Å². The van der Waals surface area contributed by atoms with E-state index in [1.807, 2.05) is 6.07 Å². The second-order valence-corrected chi connectivity index (χ2v) is 6.63. The zero-order valence-corrected chi connectivity index (χ0v) is 16.9. The number of aliphatic hydroxyl groups excluding tert-OH is 1. The number of anilines is 1. The number of benzene rings is 2. The summed E-state index contributed by atoms with van der Waals surface area (Å²) in [4.78, 5) is 24.7. The van der Waals surface area contributed by atoms with Crippen molar-refractivity contribution in [3.05, 3.63) is 58.1 Å². The number of carbonyl (C=O) groups is 2. The first-order chi connectivity index (χ1) is 13.8. The molecule has 9 heteroatoms. The number of rotatable bonds is 6. The van der Waals surface area contributed by atoms with Crippen LogP contribution in [0.1, 0.15) is 28.4 Å². The fourth-order valence-corrected chi connectivity index (χ4v) is 2.74. The molecule has 0 heterocycles. The fourth-order valence-electron chi connectivity index (χ4n) is 2.53. The predicted octanol–water partition coefficient (Wildman–Crippen LogP) is 2.15. The van der Waals surface area contributed by atoms with Crippen molar-refractivity contribution in [2.75, 3.05) is 12.4 Å². The van der Waals surface area contributed by atoms with Crippen molar-refractivity contribution in [3.63, 3.8) is 0 Å². The Morgan fingerprint density at radius 1 is 1.24 bits per heavy atom. The summed E-state index contributed by atoms with van der Waals surface area (Å²) in [5.41, 5.74) is 6.23. The number of hydrogen-bond donors (Lipinski definition) is 4. The first-order valence-electron chi connectivity index (χ1n) is 8.66. The molecule has 2 atom stereocenters. The number of hydrazine groups is 1. The topological polar surface area (TPSA) is 123 Å². The molecule has 0 saturated carbocycles. The molecule has 0 aliphatic heterocycles. The number of carbonyl (C=O) groups excluding carboxylic acids is 2. The van der Waals surface area contributed by atoms with E-state index in [4.69, 9.17) is 21.6 Å². The highest BCUT2D eigenvalue weighted by atomic mass is 35.5. The average molecular weight is 417 g/mol. The number of nitriles is 1. The molecule has 2 unspecified atom stereocenters. The number of amides is 2. The van der Waals surface area contributed by atoms with Crippen molar-refractivity contribution in [1.82, 2.24) is 10.9 Å². The van der Waals surface area contributed by atoms with Crippen molar-refractivity contribution >= 4 is 29.1 Å². The lowest BCUT2D eigenvalue weighted by Gasteiger charge is -2.23. The number of nitrogens with one attached hydrogen (secondary N) is 3. The second kappa shape index (κ2) is 9.78. The van der Waals surface area contributed by atoms with Gasteiger partial charge in [0, 0.05) is 11.3 Å². The van der Waals surface area contributed by atoms with Crippen molar-refractivity contribution in [1.29, 1.82) is 5.26 Å². The maximum absolute atomic E-state index is 12.5. The molecule has 0 aromatic heterocycles. The molecular formula is C20H21ClN4O4. The number of nitrogens with zero attached hydrogens (tertiary/aromatic N) is 1. The Balaban J connectivity index is 2.09. The van der Waals surface area contributed by atoms with Gasteiger partial charge in [-0.1, -0.05) is 17.7 Å². The number of hydrogen-bond acceptors (Lipinski definition) is 6. The summed E-state index contributed by atoms with van der Waals surface area (Å²) in [6, 6.07) is 10.4. The van der Waals surface area contributed by atoms with Gasteiger partial charge in [0.2, 0.25) is 0 Å². The monoisotopic (exact) mass is 416 g/mol. The molecule has 0 spiro atoms. The van der Waals surface area contributed by atoms with E-state index >= 15 is 0 Å². The summed E-state index contributed by atoms with van der Waals surface area (Å²) >= 11 is 6.14. The Bertz CT molecular complexity index is 956. The van der Waals surface area contributed by atoms with Crippen LogP contribution in [0, 0.1) is 18.3 Å². The molecule has 152 valence electrons. The third-order valence-corrected chi connectivity index (χ3v) is 4.70. The van der Waals surface area contributed by atoms with Crippen LogP contribution < -0.4 is 20.9 Å². The summed E-state index contributed by atoms with van der Waals surface area (Å²) in [7, 11) is 1.48. The maximum Gasteiger partial charge on any atom is 0.269 e. The molecule has 0 saturated heterocycles. The van der Waals surface area contributed by atoms with E-state index in [1.54, 1.807) is 31.2 Å². The van der Waals surface area contributed by atoms with Crippen LogP contribution in [0.2, 0.25) is 5.02 Å². The van der Waals surface area contributed by atoms with Gasteiger partial charge in [-0.2, -0.15) is 5.26 Å².